The molecular formula is C19H25N3O5. The number of phenolic OH excluding ortho intramolecular Hbond substituents is 1. The number of rotatable bonds is 7. The number of benzene rings is 1. The molecule has 0 fully saturated rings. The van der Waals surface area contributed by atoms with E-state index >= 15 is 0 Å². The molecule has 0 unspecified atom stereocenters. The summed E-state index contributed by atoms with van der Waals surface area (Å²) in [5.74, 6) is 0.464. The third-order valence-electron chi connectivity index (χ3n) is 4.01. The van der Waals surface area contributed by atoms with Gasteiger partial charge < -0.3 is 29.7 Å². The number of amides is 3. The number of carbonyl (C=O) groups is 2. The molecule has 2 rings (SSSR count). The first-order chi connectivity index (χ1) is 12.8. The fourth-order valence-electron chi connectivity index (χ4n) is 2.48. The van der Waals surface area contributed by atoms with Crippen LogP contribution in [0.4, 0.5) is 4.79 Å². The van der Waals surface area contributed by atoms with Crippen LogP contribution in [-0.2, 0) is 6.54 Å². The highest BCUT2D eigenvalue weighted by atomic mass is 16.4. The fraction of sp³-hybridized carbons (Fsp3) is 0.368. The van der Waals surface area contributed by atoms with Crippen molar-refractivity contribution in [3.63, 3.8) is 0 Å². The highest BCUT2D eigenvalue weighted by molar-refractivity contribution is 5.91. The molecule has 0 saturated heterocycles. The van der Waals surface area contributed by atoms with E-state index in [-0.39, 0.29) is 36.5 Å². The molecule has 0 spiro atoms. The van der Waals surface area contributed by atoms with Gasteiger partial charge in [0.1, 0.15) is 11.5 Å². The Hall–Kier alpha value is -3.00. The fourth-order valence-corrected chi connectivity index (χ4v) is 2.48. The van der Waals surface area contributed by atoms with E-state index in [9.17, 15) is 19.8 Å². The Bertz CT molecular complexity index is 787. The predicted octanol–water partition coefficient (Wildman–Crippen LogP) is 1.95. The second-order valence-corrected chi connectivity index (χ2v) is 6.27. The summed E-state index contributed by atoms with van der Waals surface area (Å²) in [6, 6.07) is 9.12. The van der Waals surface area contributed by atoms with Crippen molar-refractivity contribution in [2.75, 3.05) is 27.2 Å². The summed E-state index contributed by atoms with van der Waals surface area (Å²) in [5.41, 5.74) is 0.527. The second-order valence-electron chi connectivity index (χ2n) is 6.27. The molecule has 0 saturated carbocycles. The maximum atomic E-state index is 12.4. The number of nitrogens with zero attached hydrogens (tertiary/aromatic N) is 2. The highest BCUT2D eigenvalue weighted by Gasteiger charge is 2.18. The molecule has 0 aliphatic rings. The monoisotopic (exact) mass is 375 g/mol. The minimum Gasteiger partial charge on any atom is -0.508 e. The zero-order valence-electron chi connectivity index (χ0n) is 15.7. The van der Waals surface area contributed by atoms with Crippen LogP contribution in [0, 0.1) is 0 Å². The molecule has 1 atom stereocenters. The quantitative estimate of drug-likeness (QED) is 0.686. The first-order valence-corrected chi connectivity index (χ1v) is 8.62. The van der Waals surface area contributed by atoms with Gasteiger partial charge in [0.15, 0.2) is 5.76 Å². The van der Waals surface area contributed by atoms with E-state index in [0.29, 0.717) is 17.9 Å². The van der Waals surface area contributed by atoms with Gasteiger partial charge in [-0.15, -0.1) is 0 Å². The summed E-state index contributed by atoms with van der Waals surface area (Å²) >= 11 is 0. The van der Waals surface area contributed by atoms with Gasteiger partial charge in [0.25, 0.3) is 5.91 Å². The predicted molar refractivity (Wildman–Crippen MR) is 99.3 cm³/mol. The number of aliphatic hydroxyl groups excluding tert-OH is 1. The SMILES string of the molecule is CCN(C[C@H](O)c1cccc(O)c1)C(=O)NCc1ccc(C(=O)N(C)C)o1. The summed E-state index contributed by atoms with van der Waals surface area (Å²) in [5, 5.41) is 22.5. The summed E-state index contributed by atoms with van der Waals surface area (Å²) in [7, 11) is 3.26. The molecule has 146 valence electrons. The van der Waals surface area contributed by atoms with E-state index in [0.717, 1.165) is 0 Å². The second kappa shape index (κ2) is 9.09. The first kappa shape index (κ1) is 20.3. The van der Waals surface area contributed by atoms with Crippen LogP contribution in [-0.4, -0.2) is 59.1 Å². The van der Waals surface area contributed by atoms with E-state index in [2.05, 4.69) is 5.32 Å². The lowest BCUT2D eigenvalue weighted by Gasteiger charge is -2.24. The number of hydrogen-bond acceptors (Lipinski definition) is 5. The first-order valence-electron chi connectivity index (χ1n) is 8.62. The van der Waals surface area contributed by atoms with Crippen molar-refractivity contribution in [1.82, 2.24) is 15.1 Å². The molecular weight excluding hydrogens is 350 g/mol. The van der Waals surface area contributed by atoms with E-state index in [1.807, 2.05) is 0 Å². The maximum Gasteiger partial charge on any atom is 0.317 e. The average molecular weight is 375 g/mol. The maximum absolute atomic E-state index is 12.4. The number of aromatic hydroxyl groups is 1. The van der Waals surface area contributed by atoms with Gasteiger partial charge in [-0.2, -0.15) is 0 Å². The number of aliphatic hydroxyl groups is 1. The van der Waals surface area contributed by atoms with E-state index in [1.165, 1.54) is 21.9 Å². The minimum atomic E-state index is -0.921. The molecule has 1 aromatic heterocycles. The lowest BCUT2D eigenvalue weighted by atomic mass is 10.1. The van der Waals surface area contributed by atoms with E-state index < -0.39 is 6.10 Å². The summed E-state index contributed by atoms with van der Waals surface area (Å²) in [6.45, 7) is 2.40. The largest absolute Gasteiger partial charge is 0.508 e. The number of urea groups is 1. The molecule has 1 aromatic carbocycles. The number of phenols is 1. The normalized spacial score (nSPS) is 11.7. The van der Waals surface area contributed by atoms with Crippen LogP contribution in [0.15, 0.2) is 40.8 Å². The smallest absolute Gasteiger partial charge is 0.317 e. The number of likely N-dealkylation sites (N-methyl/N-ethyl adjacent to an activating group) is 1. The lowest BCUT2D eigenvalue weighted by Crippen LogP contribution is -2.41. The van der Waals surface area contributed by atoms with Crippen LogP contribution in [0.1, 0.15) is 34.9 Å². The average Bonchev–Trinajstić information content (AvgIpc) is 3.12. The number of nitrogens with one attached hydrogen (secondary N) is 1. The molecule has 8 nitrogen and oxygen atoms in total. The van der Waals surface area contributed by atoms with Gasteiger partial charge in [-0.3, -0.25) is 4.79 Å². The van der Waals surface area contributed by atoms with Crippen molar-refractivity contribution in [1.29, 1.82) is 0 Å². The standard InChI is InChI=1S/C19H25N3O5/c1-4-22(12-16(24)13-6-5-7-14(23)10-13)19(26)20-11-15-8-9-17(27-15)18(25)21(2)3/h5-10,16,23-24H,4,11-12H2,1-3H3,(H,20,26)/t16-/m0/s1. The third-order valence-corrected chi connectivity index (χ3v) is 4.01. The molecule has 0 bridgehead atoms. The molecule has 0 aliphatic carbocycles. The summed E-state index contributed by atoms with van der Waals surface area (Å²) in [4.78, 5) is 27.0. The van der Waals surface area contributed by atoms with Crippen molar-refractivity contribution < 1.29 is 24.2 Å². The summed E-state index contributed by atoms with van der Waals surface area (Å²) < 4.78 is 5.43. The van der Waals surface area contributed by atoms with Gasteiger partial charge in [-0.05, 0) is 36.8 Å². The Labute approximate surface area is 158 Å². The molecule has 2 aromatic rings. The van der Waals surface area contributed by atoms with Gasteiger partial charge in [-0.25, -0.2) is 4.79 Å². The molecule has 27 heavy (non-hydrogen) atoms. The minimum absolute atomic E-state index is 0.0555. The Morgan fingerprint density at radius 1 is 1.22 bits per heavy atom. The summed E-state index contributed by atoms with van der Waals surface area (Å²) in [6.07, 6.45) is -0.921. The Morgan fingerprint density at radius 3 is 2.59 bits per heavy atom. The van der Waals surface area contributed by atoms with Gasteiger partial charge in [0.05, 0.1) is 19.2 Å². The topological polar surface area (TPSA) is 106 Å². The molecule has 3 amide bonds. The van der Waals surface area contributed by atoms with Crippen LogP contribution < -0.4 is 5.32 Å². The van der Waals surface area contributed by atoms with Crippen molar-refractivity contribution in [2.24, 2.45) is 0 Å². The molecule has 1 heterocycles. The van der Waals surface area contributed by atoms with Crippen LogP contribution in [0.2, 0.25) is 0 Å². The van der Waals surface area contributed by atoms with Crippen LogP contribution in [0.25, 0.3) is 0 Å². The van der Waals surface area contributed by atoms with Gasteiger partial charge in [0, 0.05) is 20.6 Å². The van der Waals surface area contributed by atoms with Crippen molar-refractivity contribution in [2.45, 2.75) is 19.6 Å². The van der Waals surface area contributed by atoms with Gasteiger partial charge >= 0.3 is 6.03 Å². The van der Waals surface area contributed by atoms with Crippen LogP contribution >= 0.6 is 0 Å². The van der Waals surface area contributed by atoms with Gasteiger partial charge in [0.2, 0.25) is 0 Å². The van der Waals surface area contributed by atoms with Gasteiger partial charge in [-0.1, -0.05) is 12.1 Å². The number of hydrogen-bond donors (Lipinski definition) is 3. The molecule has 0 radical (unpaired) electrons. The molecule has 0 aliphatic heterocycles. The zero-order valence-corrected chi connectivity index (χ0v) is 15.7. The van der Waals surface area contributed by atoms with Crippen LogP contribution in [0.5, 0.6) is 5.75 Å². The zero-order chi connectivity index (χ0) is 20.0. The third kappa shape index (κ3) is 5.49. The Balaban J connectivity index is 1.92. The van der Waals surface area contributed by atoms with Crippen molar-refractivity contribution >= 4 is 11.9 Å². The van der Waals surface area contributed by atoms with E-state index in [1.54, 1.807) is 45.3 Å². The lowest BCUT2D eigenvalue weighted by molar-refractivity contribution is 0.0794. The molecule has 8 heteroatoms. The van der Waals surface area contributed by atoms with Crippen molar-refractivity contribution in [3.8, 4) is 5.75 Å². The Morgan fingerprint density at radius 2 is 1.96 bits per heavy atom. The van der Waals surface area contributed by atoms with Crippen molar-refractivity contribution in [3.05, 3.63) is 53.5 Å². The van der Waals surface area contributed by atoms with E-state index in [4.69, 9.17) is 4.42 Å². The molecule has 3 N–H and O–H groups in total. The Kier molecular flexibility index (Phi) is 6.84. The number of furan rings is 1. The highest BCUT2D eigenvalue weighted by Crippen LogP contribution is 2.19. The van der Waals surface area contributed by atoms with Crippen LogP contribution in [0.3, 0.4) is 0 Å². The number of carbonyl (C=O) groups excluding carboxylic acids is 2.